The number of alkyl halides is 3. The lowest BCUT2D eigenvalue weighted by Gasteiger charge is -2.32. The summed E-state index contributed by atoms with van der Waals surface area (Å²) in [5.41, 5.74) is 0.0166. The van der Waals surface area contributed by atoms with Crippen LogP contribution in [0.3, 0.4) is 0 Å². The predicted molar refractivity (Wildman–Crippen MR) is 96.3 cm³/mol. The van der Waals surface area contributed by atoms with Crippen molar-refractivity contribution in [3.63, 3.8) is 0 Å². The fourth-order valence-corrected chi connectivity index (χ4v) is 3.36. The van der Waals surface area contributed by atoms with Crippen molar-refractivity contribution in [1.29, 1.82) is 0 Å². The predicted octanol–water partition coefficient (Wildman–Crippen LogP) is 3.29. The molecular weight excluding hydrogens is 391 g/mol. The van der Waals surface area contributed by atoms with Gasteiger partial charge in [0.2, 0.25) is 0 Å². The number of amides is 1. The van der Waals surface area contributed by atoms with Crippen LogP contribution in [-0.4, -0.2) is 46.7 Å². The molecule has 0 radical (unpaired) electrons. The molecule has 0 fully saturated rings. The number of nitrogens with one attached hydrogen (secondary N) is 1. The van der Waals surface area contributed by atoms with E-state index < -0.39 is 29.9 Å². The van der Waals surface area contributed by atoms with Crippen molar-refractivity contribution in [3.8, 4) is 11.1 Å². The third-order valence-electron chi connectivity index (χ3n) is 4.99. The maximum Gasteiger partial charge on any atom is 0.419 e. The SMILES string of the molecule is CC(O)(C(NC(=O)OCC1c2ccccc2-c2ccccc21)C(=O)O)C(F)(F)F. The number of carboxylic acids is 1. The molecule has 0 bridgehead atoms. The zero-order chi connectivity index (χ0) is 21.4. The first-order chi connectivity index (χ1) is 13.5. The van der Waals surface area contributed by atoms with Gasteiger partial charge in [-0.2, -0.15) is 13.2 Å². The van der Waals surface area contributed by atoms with Gasteiger partial charge in [-0.15, -0.1) is 0 Å². The number of hydrogen-bond donors (Lipinski definition) is 3. The maximum atomic E-state index is 13.0. The number of halogens is 3. The van der Waals surface area contributed by atoms with Gasteiger partial charge in [-0.1, -0.05) is 48.5 Å². The molecule has 0 aromatic heterocycles. The summed E-state index contributed by atoms with van der Waals surface area (Å²) < 4.78 is 43.9. The van der Waals surface area contributed by atoms with Gasteiger partial charge in [0.25, 0.3) is 0 Å². The summed E-state index contributed by atoms with van der Waals surface area (Å²) in [6.45, 7) is 0.0654. The Bertz CT molecular complexity index is 896. The lowest BCUT2D eigenvalue weighted by molar-refractivity contribution is -0.262. The molecule has 3 rings (SSSR count). The molecule has 0 spiro atoms. The van der Waals surface area contributed by atoms with E-state index in [4.69, 9.17) is 9.84 Å². The molecule has 0 saturated heterocycles. The molecular formula is C20H18F3NO5. The number of fused-ring (bicyclic) bond motifs is 3. The molecule has 1 aliphatic carbocycles. The number of aliphatic hydroxyl groups is 1. The average molecular weight is 409 g/mol. The number of carbonyl (C=O) groups is 2. The average Bonchev–Trinajstić information content (AvgIpc) is 2.97. The lowest BCUT2D eigenvalue weighted by Crippen LogP contribution is -2.62. The first kappa shape index (κ1) is 20.7. The number of carbonyl (C=O) groups excluding carboxylic acids is 1. The van der Waals surface area contributed by atoms with Crippen molar-refractivity contribution in [2.75, 3.05) is 6.61 Å². The van der Waals surface area contributed by atoms with Gasteiger partial charge < -0.3 is 20.3 Å². The number of hydrogen-bond acceptors (Lipinski definition) is 4. The van der Waals surface area contributed by atoms with Crippen LogP contribution in [0, 0.1) is 0 Å². The summed E-state index contributed by atoms with van der Waals surface area (Å²) in [5.74, 6) is -2.39. The largest absolute Gasteiger partial charge is 0.480 e. The molecule has 9 heteroatoms. The van der Waals surface area contributed by atoms with E-state index in [9.17, 15) is 27.9 Å². The van der Waals surface area contributed by atoms with Gasteiger partial charge in [-0.3, -0.25) is 0 Å². The summed E-state index contributed by atoms with van der Waals surface area (Å²) in [6, 6.07) is 12.3. The van der Waals surface area contributed by atoms with Gasteiger partial charge >= 0.3 is 18.2 Å². The van der Waals surface area contributed by atoms with Crippen LogP contribution in [0.4, 0.5) is 18.0 Å². The fraction of sp³-hybridized carbons (Fsp3) is 0.300. The molecule has 2 atom stereocenters. The van der Waals surface area contributed by atoms with Gasteiger partial charge in [0, 0.05) is 5.92 Å². The standard InChI is InChI=1S/C20H18F3NO5/c1-19(28,20(21,22)23)16(17(25)26)24-18(27)29-10-15-13-8-4-2-6-11(13)12-7-3-5-9-14(12)15/h2-9,15-16,28H,10H2,1H3,(H,24,27)(H,25,26). The number of rotatable bonds is 5. The number of benzene rings is 2. The van der Waals surface area contributed by atoms with E-state index in [0.717, 1.165) is 22.3 Å². The van der Waals surface area contributed by atoms with Crippen LogP contribution in [0.15, 0.2) is 48.5 Å². The Labute approximate surface area is 163 Å². The van der Waals surface area contributed by atoms with Crippen LogP contribution in [-0.2, 0) is 9.53 Å². The van der Waals surface area contributed by atoms with E-state index in [1.54, 1.807) is 5.32 Å². The van der Waals surface area contributed by atoms with Crippen LogP contribution in [0.5, 0.6) is 0 Å². The van der Waals surface area contributed by atoms with E-state index in [-0.39, 0.29) is 19.4 Å². The van der Waals surface area contributed by atoms with Crippen molar-refractivity contribution in [2.24, 2.45) is 0 Å². The van der Waals surface area contributed by atoms with E-state index in [0.29, 0.717) is 0 Å². The summed E-state index contributed by atoms with van der Waals surface area (Å²) in [6.07, 6.45) is -6.64. The van der Waals surface area contributed by atoms with Gasteiger partial charge in [0.15, 0.2) is 11.6 Å². The molecule has 2 aromatic carbocycles. The number of carboxylic acid groups (broad SMARTS) is 1. The Morgan fingerprint density at radius 2 is 1.55 bits per heavy atom. The Balaban J connectivity index is 1.75. The second kappa shape index (κ2) is 7.40. The second-order valence-corrected chi connectivity index (χ2v) is 6.89. The van der Waals surface area contributed by atoms with Gasteiger partial charge in [-0.25, -0.2) is 9.59 Å². The highest BCUT2D eigenvalue weighted by Gasteiger charge is 2.58. The van der Waals surface area contributed by atoms with Crippen LogP contribution >= 0.6 is 0 Å². The molecule has 0 aliphatic heterocycles. The van der Waals surface area contributed by atoms with Gasteiger partial charge in [0.05, 0.1) is 0 Å². The maximum absolute atomic E-state index is 13.0. The highest BCUT2D eigenvalue weighted by Crippen LogP contribution is 2.44. The Hall–Kier alpha value is -3.07. The molecule has 0 saturated carbocycles. The summed E-state index contributed by atoms with van der Waals surface area (Å²) in [5, 5.41) is 20.2. The minimum Gasteiger partial charge on any atom is -0.480 e. The first-order valence-corrected chi connectivity index (χ1v) is 8.67. The third kappa shape index (κ3) is 3.77. The Morgan fingerprint density at radius 3 is 2.00 bits per heavy atom. The summed E-state index contributed by atoms with van der Waals surface area (Å²) >= 11 is 0. The molecule has 3 N–H and O–H groups in total. The number of ether oxygens (including phenoxy) is 1. The minimum atomic E-state index is -5.27. The van der Waals surface area contributed by atoms with E-state index in [1.807, 2.05) is 48.5 Å². The van der Waals surface area contributed by atoms with Crippen LogP contribution in [0.1, 0.15) is 24.0 Å². The topological polar surface area (TPSA) is 95.9 Å². The Morgan fingerprint density at radius 1 is 1.07 bits per heavy atom. The van der Waals surface area contributed by atoms with Crippen molar-refractivity contribution in [1.82, 2.24) is 5.32 Å². The monoisotopic (exact) mass is 409 g/mol. The normalized spacial score (nSPS) is 16.3. The fourth-order valence-electron chi connectivity index (χ4n) is 3.36. The van der Waals surface area contributed by atoms with Crippen LogP contribution in [0.2, 0.25) is 0 Å². The molecule has 154 valence electrons. The zero-order valence-electron chi connectivity index (χ0n) is 15.2. The van der Waals surface area contributed by atoms with Crippen LogP contribution in [0.25, 0.3) is 11.1 Å². The molecule has 1 aliphatic rings. The third-order valence-corrected chi connectivity index (χ3v) is 4.99. The van der Waals surface area contributed by atoms with E-state index >= 15 is 0 Å². The van der Waals surface area contributed by atoms with E-state index in [2.05, 4.69) is 0 Å². The minimum absolute atomic E-state index is 0.208. The van der Waals surface area contributed by atoms with Crippen LogP contribution < -0.4 is 5.32 Å². The number of alkyl carbamates (subject to hydrolysis) is 1. The van der Waals surface area contributed by atoms with Crippen molar-refractivity contribution in [2.45, 2.75) is 30.7 Å². The summed E-state index contributed by atoms with van der Waals surface area (Å²) in [7, 11) is 0. The number of aliphatic carboxylic acids is 1. The molecule has 6 nitrogen and oxygen atoms in total. The molecule has 2 aromatic rings. The Kier molecular flexibility index (Phi) is 5.27. The second-order valence-electron chi connectivity index (χ2n) is 6.89. The van der Waals surface area contributed by atoms with E-state index in [1.165, 1.54) is 0 Å². The smallest absolute Gasteiger partial charge is 0.419 e. The molecule has 29 heavy (non-hydrogen) atoms. The van der Waals surface area contributed by atoms with Gasteiger partial charge in [0.1, 0.15) is 6.61 Å². The molecule has 1 amide bonds. The molecule has 2 unspecified atom stereocenters. The molecule has 0 heterocycles. The lowest BCUT2D eigenvalue weighted by atomic mass is 9.96. The highest BCUT2D eigenvalue weighted by molar-refractivity contribution is 5.82. The van der Waals surface area contributed by atoms with Crippen molar-refractivity contribution >= 4 is 12.1 Å². The van der Waals surface area contributed by atoms with Gasteiger partial charge in [-0.05, 0) is 29.2 Å². The quantitative estimate of drug-likeness (QED) is 0.704. The first-order valence-electron chi connectivity index (χ1n) is 8.67. The summed E-state index contributed by atoms with van der Waals surface area (Å²) in [4.78, 5) is 23.2. The van der Waals surface area contributed by atoms with Crippen molar-refractivity contribution < 1.29 is 37.7 Å². The zero-order valence-corrected chi connectivity index (χ0v) is 15.2. The highest BCUT2D eigenvalue weighted by atomic mass is 19.4. The van der Waals surface area contributed by atoms with Crippen molar-refractivity contribution in [3.05, 3.63) is 59.7 Å².